The molecule has 1 aromatic heterocycles. The largest absolute Gasteiger partial charge is 0.444 e. The van der Waals surface area contributed by atoms with Crippen LogP contribution in [-0.4, -0.2) is 46.5 Å². The highest BCUT2D eigenvalue weighted by molar-refractivity contribution is 7.10. The first-order valence-corrected chi connectivity index (χ1v) is 7.96. The van der Waals surface area contributed by atoms with Crippen molar-refractivity contribution in [1.29, 1.82) is 0 Å². The number of hydrogen-bond donors (Lipinski definition) is 2. The molecular weight excluding hydrogens is 290 g/mol. The van der Waals surface area contributed by atoms with Gasteiger partial charge in [-0.2, -0.15) is 0 Å². The average Bonchev–Trinajstić information content (AvgIpc) is 2.90. The van der Waals surface area contributed by atoms with Crippen molar-refractivity contribution >= 4 is 17.4 Å². The van der Waals surface area contributed by atoms with Gasteiger partial charge in [0.15, 0.2) is 0 Å². The van der Waals surface area contributed by atoms with Crippen molar-refractivity contribution in [3.8, 4) is 0 Å². The highest BCUT2D eigenvalue weighted by atomic mass is 32.1. The Bertz CT molecular complexity index is 482. The van der Waals surface area contributed by atoms with E-state index < -0.39 is 17.3 Å². The number of amides is 1. The molecule has 1 saturated heterocycles. The Balaban J connectivity index is 2.18. The van der Waals surface area contributed by atoms with E-state index in [-0.39, 0.29) is 19.1 Å². The highest BCUT2D eigenvalue weighted by Gasteiger charge is 2.42. The minimum atomic E-state index is -1.11. The van der Waals surface area contributed by atoms with Crippen molar-refractivity contribution in [2.24, 2.45) is 5.92 Å². The zero-order valence-electron chi connectivity index (χ0n) is 12.7. The Morgan fingerprint density at radius 3 is 2.81 bits per heavy atom. The predicted molar refractivity (Wildman–Crippen MR) is 81.2 cm³/mol. The maximum Gasteiger partial charge on any atom is 0.410 e. The van der Waals surface area contributed by atoms with Crippen LogP contribution in [0.5, 0.6) is 0 Å². The quantitative estimate of drug-likeness (QED) is 0.878. The van der Waals surface area contributed by atoms with E-state index in [1.165, 1.54) is 16.2 Å². The number of aliphatic hydroxyl groups is 2. The number of nitrogens with zero attached hydrogens (tertiary/aromatic N) is 1. The van der Waals surface area contributed by atoms with Gasteiger partial charge in [0.05, 0.1) is 6.54 Å². The van der Waals surface area contributed by atoms with Gasteiger partial charge in [0, 0.05) is 23.9 Å². The van der Waals surface area contributed by atoms with Crippen LogP contribution in [0.4, 0.5) is 4.79 Å². The predicted octanol–water partition coefficient (Wildman–Crippen LogP) is 2.18. The Morgan fingerprint density at radius 1 is 1.57 bits per heavy atom. The van der Waals surface area contributed by atoms with Crippen molar-refractivity contribution in [2.75, 3.05) is 19.7 Å². The van der Waals surface area contributed by atoms with E-state index in [1.807, 2.05) is 38.3 Å². The standard InChI is InChI=1S/C15H23NO4S/c1-14(2,3)20-13(18)16-8-11(9-17)7-15(19,10-16)12-5-4-6-21-12/h4-6,11,17,19H,7-10H2,1-3H3. The SMILES string of the molecule is CC(C)(C)OC(=O)N1CC(CO)CC(O)(c2cccs2)C1. The first kappa shape index (κ1) is 16.3. The molecule has 1 fully saturated rings. The van der Waals surface area contributed by atoms with Gasteiger partial charge in [-0.15, -0.1) is 11.3 Å². The average molecular weight is 313 g/mol. The third-order valence-corrected chi connectivity index (χ3v) is 4.51. The van der Waals surface area contributed by atoms with E-state index in [0.29, 0.717) is 13.0 Å². The molecule has 0 radical (unpaired) electrons. The first-order chi connectivity index (χ1) is 9.73. The molecule has 6 heteroatoms. The number of piperidine rings is 1. The van der Waals surface area contributed by atoms with Crippen LogP contribution >= 0.6 is 11.3 Å². The van der Waals surface area contributed by atoms with Crippen LogP contribution in [0.25, 0.3) is 0 Å². The van der Waals surface area contributed by atoms with E-state index >= 15 is 0 Å². The number of aliphatic hydroxyl groups excluding tert-OH is 1. The summed E-state index contributed by atoms with van der Waals surface area (Å²) in [7, 11) is 0. The van der Waals surface area contributed by atoms with Gasteiger partial charge in [0.1, 0.15) is 11.2 Å². The smallest absolute Gasteiger partial charge is 0.410 e. The van der Waals surface area contributed by atoms with Gasteiger partial charge in [-0.1, -0.05) is 6.07 Å². The van der Waals surface area contributed by atoms with Crippen LogP contribution in [0, 0.1) is 5.92 Å². The molecule has 2 N–H and O–H groups in total. The van der Waals surface area contributed by atoms with Crippen LogP contribution < -0.4 is 0 Å². The molecule has 118 valence electrons. The summed E-state index contributed by atoms with van der Waals surface area (Å²) in [6.07, 6.45) is -0.000760. The van der Waals surface area contributed by atoms with Gasteiger partial charge in [-0.3, -0.25) is 0 Å². The lowest BCUT2D eigenvalue weighted by Crippen LogP contribution is -2.53. The fraction of sp³-hybridized carbons (Fsp3) is 0.667. The first-order valence-electron chi connectivity index (χ1n) is 7.09. The van der Waals surface area contributed by atoms with E-state index in [9.17, 15) is 15.0 Å². The molecule has 1 aliphatic heterocycles. The second-order valence-electron chi connectivity index (χ2n) is 6.62. The number of ether oxygens (including phenoxy) is 1. The molecule has 0 spiro atoms. The molecule has 5 nitrogen and oxygen atoms in total. The molecule has 0 saturated carbocycles. The van der Waals surface area contributed by atoms with Gasteiger partial charge in [0.25, 0.3) is 0 Å². The van der Waals surface area contributed by atoms with Crippen molar-refractivity contribution < 1.29 is 19.7 Å². The topological polar surface area (TPSA) is 70.0 Å². The number of β-amino-alcohol motifs (C(OH)–C–C–N with tert-alkyl or cyclic N) is 1. The van der Waals surface area contributed by atoms with Gasteiger partial charge in [-0.25, -0.2) is 4.79 Å². The summed E-state index contributed by atoms with van der Waals surface area (Å²) >= 11 is 1.46. The number of hydrogen-bond acceptors (Lipinski definition) is 5. The molecule has 0 aliphatic carbocycles. The third kappa shape index (κ3) is 3.96. The Kier molecular flexibility index (Phi) is 4.60. The maximum atomic E-state index is 12.2. The molecule has 21 heavy (non-hydrogen) atoms. The third-order valence-electron chi connectivity index (χ3n) is 3.45. The number of carbonyl (C=O) groups excluding carboxylic acids is 1. The molecule has 2 rings (SSSR count). The lowest BCUT2D eigenvalue weighted by molar-refractivity contribution is -0.0697. The van der Waals surface area contributed by atoms with Crippen LogP contribution in [0.3, 0.4) is 0 Å². The van der Waals surface area contributed by atoms with Crippen molar-refractivity contribution in [3.63, 3.8) is 0 Å². The van der Waals surface area contributed by atoms with Crippen molar-refractivity contribution in [1.82, 2.24) is 4.90 Å². The van der Waals surface area contributed by atoms with Crippen LogP contribution in [0.15, 0.2) is 17.5 Å². The molecule has 0 bridgehead atoms. The maximum absolute atomic E-state index is 12.2. The van der Waals surface area contributed by atoms with Gasteiger partial charge in [-0.05, 0) is 38.6 Å². The fourth-order valence-electron chi connectivity index (χ4n) is 2.61. The van der Waals surface area contributed by atoms with Crippen molar-refractivity contribution in [3.05, 3.63) is 22.4 Å². The summed E-state index contributed by atoms with van der Waals surface area (Å²) in [5, 5.41) is 22.3. The van der Waals surface area contributed by atoms with Crippen LogP contribution in [-0.2, 0) is 10.3 Å². The molecule has 0 aromatic carbocycles. The van der Waals surface area contributed by atoms with Crippen molar-refractivity contribution in [2.45, 2.75) is 38.4 Å². The number of rotatable bonds is 2. The molecule has 2 heterocycles. The number of thiophene rings is 1. The van der Waals surface area contributed by atoms with E-state index in [1.54, 1.807) is 0 Å². The molecule has 1 aliphatic rings. The Morgan fingerprint density at radius 2 is 2.29 bits per heavy atom. The van der Waals surface area contributed by atoms with Crippen LogP contribution in [0.2, 0.25) is 0 Å². The lowest BCUT2D eigenvalue weighted by Gasteiger charge is -2.42. The highest BCUT2D eigenvalue weighted by Crippen LogP contribution is 2.37. The molecule has 1 amide bonds. The molecular formula is C15H23NO4S. The summed E-state index contributed by atoms with van der Waals surface area (Å²) in [4.78, 5) is 14.6. The summed E-state index contributed by atoms with van der Waals surface area (Å²) in [5.74, 6) is -0.154. The second kappa shape index (κ2) is 5.94. The molecule has 2 unspecified atom stereocenters. The van der Waals surface area contributed by atoms with Crippen LogP contribution in [0.1, 0.15) is 32.1 Å². The summed E-state index contributed by atoms with van der Waals surface area (Å²) in [5.41, 5.74) is -1.69. The summed E-state index contributed by atoms with van der Waals surface area (Å²) in [6, 6.07) is 3.73. The molecule has 2 atom stereocenters. The second-order valence-corrected chi connectivity index (χ2v) is 7.57. The molecule has 1 aromatic rings. The van der Waals surface area contributed by atoms with Gasteiger partial charge in [0.2, 0.25) is 0 Å². The lowest BCUT2D eigenvalue weighted by atomic mass is 9.85. The Hall–Kier alpha value is -1.11. The fourth-order valence-corrected chi connectivity index (χ4v) is 3.44. The minimum absolute atomic E-state index is 0.0625. The monoisotopic (exact) mass is 313 g/mol. The summed E-state index contributed by atoms with van der Waals surface area (Å²) < 4.78 is 5.38. The normalized spacial score (nSPS) is 26.7. The van der Waals surface area contributed by atoms with E-state index in [4.69, 9.17) is 4.74 Å². The Labute approximate surface area is 129 Å². The van der Waals surface area contributed by atoms with Gasteiger partial charge < -0.3 is 19.8 Å². The zero-order valence-corrected chi connectivity index (χ0v) is 13.5. The van der Waals surface area contributed by atoms with E-state index in [0.717, 1.165) is 4.88 Å². The number of likely N-dealkylation sites (tertiary alicyclic amines) is 1. The van der Waals surface area contributed by atoms with Gasteiger partial charge >= 0.3 is 6.09 Å². The summed E-state index contributed by atoms with van der Waals surface area (Å²) in [6.45, 7) is 5.96. The zero-order chi connectivity index (χ0) is 15.7. The number of carbonyl (C=O) groups is 1. The van der Waals surface area contributed by atoms with E-state index in [2.05, 4.69) is 0 Å². The minimum Gasteiger partial charge on any atom is -0.444 e.